The molecular weight excluding hydrogens is 397 g/mol. The molecule has 1 fully saturated rings. The van der Waals surface area contributed by atoms with Gasteiger partial charge < -0.3 is 4.74 Å². The number of halogens is 2. The van der Waals surface area contributed by atoms with Crippen molar-refractivity contribution in [2.75, 3.05) is 38.3 Å². The van der Waals surface area contributed by atoms with E-state index in [1.165, 1.54) is 10.5 Å². The molecule has 0 atom stereocenters. The van der Waals surface area contributed by atoms with Crippen molar-refractivity contribution in [1.29, 1.82) is 0 Å². The minimum atomic E-state index is -3.51. The normalized spacial score (nSPS) is 15.8. The Balaban J connectivity index is 1.74. The van der Waals surface area contributed by atoms with Gasteiger partial charge in [0.2, 0.25) is 10.0 Å². The number of morpholine rings is 1. The molecule has 0 saturated carbocycles. The molecule has 0 spiro atoms. The molecule has 1 saturated heterocycles. The number of hydrogen-bond acceptors (Lipinski definition) is 4. The average molecular weight is 417 g/mol. The first-order valence-electron chi connectivity index (χ1n) is 8.12. The van der Waals surface area contributed by atoms with Crippen LogP contribution in [-0.2, 0) is 21.3 Å². The summed E-state index contributed by atoms with van der Waals surface area (Å²) in [5, 5.41) is 1.18. The topological polar surface area (TPSA) is 64.0 Å². The Hall–Kier alpha value is -1.38. The van der Waals surface area contributed by atoms with Gasteiger partial charge in [-0.1, -0.05) is 29.3 Å². The zero-order valence-corrected chi connectivity index (χ0v) is 16.6. The Morgan fingerprint density at radius 2 is 1.92 bits per heavy atom. The van der Waals surface area contributed by atoms with Gasteiger partial charge >= 0.3 is 0 Å². The number of nitrogens with one attached hydrogen (secondary N) is 1. The van der Waals surface area contributed by atoms with Crippen molar-refractivity contribution < 1.29 is 18.1 Å². The molecule has 9 heteroatoms. The molecule has 0 bridgehead atoms. The van der Waals surface area contributed by atoms with Crippen LogP contribution in [-0.4, -0.2) is 46.1 Å². The van der Waals surface area contributed by atoms with Gasteiger partial charge in [-0.2, -0.15) is 4.31 Å². The van der Waals surface area contributed by atoms with Gasteiger partial charge in [-0.05, 0) is 18.2 Å². The maximum Gasteiger partial charge on any atom is 0.274 e. The maximum atomic E-state index is 12.6. The fourth-order valence-electron chi connectivity index (χ4n) is 2.73. The highest BCUT2D eigenvalue weighted by molar-refractivity contribution is 7.89. The predicted octanol–water partition coefficient (Wildman–Crippen LogP) is 2.46. The Kier molecular flexibility index (Phi) is 6.04. The molecule has 0 unspecified atom stereocenters. The van der Waals surface area contributed by atoms with Gasteiger partial charge in [0.25, 0.3) is 5.82 Å². The number of benzene rings is 1. The molecule has 26 heavy (non-hydrogen) atoms. The molecule has 3 rings (SSSR count). The standard InChI is InChI=1S/C17H19Cl2N3O3S/c1-21(12-13-2-3-14(18)10-16(13)19)17-5-4-15(11-20-17)26(23,24)22-6-8-25-9-7-22/h2-5,10-11H,6-9,12H2,1H3/p+1. The minimum absolute atomic E-state index is 0.237. The van der Waals surface area contributed by atoms with E-state index >= 15 is 0 Å². The molecule has 0 aliphatic carbocycles. The summed E-state index contributed by atoms with van der Waals surface area (Å²) in [6.07, 6.45) is 1.51. The molecule has 1 aliphatic rings. The van der Waals surface area contributed by atoms with E-state index in [1.54, 1.807) is 24.3 Å². The van der Waals surface area contributed by atoms with Crippen LogP contribution >= 0.6 is 23.2 Å². The van der Waals surface area contributed by atoms with Crippen LogP contribution in [0.25, 0.3) is 0 Å². The molecule has 1 N–H and O–H groups in total. The second kappa shape index (κ2) is 8.10. The van der Waals surface area contributed by atoms with E-state index < -0.39 is 10.0 Å². The van der Waals surface area contributed by atoms with Crippen molar-refractivity contribution in [3.8, 4) is 0 Å². The third kappa shape index (κ3) is 4.29. The number of aromatic amines is 1. The van der Waals surface area contributed by atoms with Crippen molar-refractivity contribution in [3.05, 3.63) is 52.1 Å². The van der Waals surface area contributed by atoms with Crippen LogP contribution < -0.4 is 9.88 Å². The lowest BCUT2D eigenvalue weighted by Crippen LogP contribution is -2.41. The molecule has 0 radical (unpaired) electrons. The van der Waals surface area contributed by atoms with Crippen LogP contribution in [0.4, 0.5) is 5.82 Å². The van der Waals surface area contributed by atoms with E-state index in [0.29, 0.717) is 42.9 Å². The first kappa shape index (κ1) is 19.4. The lowest BCUT2D eigenvalue weighted by molar-refractivity contribution is -0.367. The molecule has 1 aromatic carbocycles. The SMILES string of the molecule is CN(Cc1ccc(Cl)cc1Cl)c1ccc(S(=O)(=O)N2CCOCC2)c[nH+]1. The van der Waals surface area contributed by atoms with Crippen LogP contribution in [0.2, 0.25) is 10.0 Å². The lowest BCUT2D eigenvalue weighted by Gasteiger charge is -2.25. The number of hydrogen-bond donors (Lipinski definition) is 0. The highest BCUT2D eigenvalue weighted by atomic mass is 35.5. The fraction of sp³-hybridized carbons (Fsp3) is 0.353. The van der Waals surface area contributed by atoms with E-state index in [4.69, 9.17) is 27.9 Å². The smallest absolute Gasteiger partial charge is 0.274 e. The number of rotatable bonds is 5. The number of aromatic nitrogens is 1. The summed E-state index contributed by atoms with van der Waals surface area (Å²) in [6, 6.07) is 8.72. The Morgan fingerprint density at radius 1 is 1.19 bits per heavy atom. The molecule has 2 heterocycles. The summed E-state index contributed by atoms with van der Waals surface area (Å²) in [4.78, 5) is 5.23. The van der Waals surface area contributed by atoms with Crippen LogP contribution in [0.5, 0.6) is 0 Å². The number of H-pyrrole nitrogens is 1. The molecular formula is C17H20Cl2N3O3S+. The minimum Gasteiger partial charge on any atom is -0.379 e. The molecule has 1 aliphatic heterocycles. The molecule has 1 aromatic heterocycles. The molecule has 140 valence electrons. The number of sulfonamides is 1. The highest BCUT2D eigenvalue weighted by Gasteiger charge is 2.27. The van der Waals surface area contributed by atoms with E-state index in [0.717, 1.165) is 11.4 Å². The number of ether oxygens (including phenoxy) is 1. The summed E-state index contributed by atoms with van der Waals surface area (Å²) >= 11 is 12.1. The molecule has 2 aromatic rings. The average Bonchev–Trinajstić information content (AvgIpc) is 2.65. The first-order valence-corrected chi connectivity index (χ1v) is 10.3. The number of nitrogens with zero attached hydrogens (tertiary/aromatic N) is 2. The van der Waals surface area contributed by atoms with Gasteiger partial charge in [0.1, 0.15) is 17.6 Å². The van der Waals surface area contributed by atoms with Gasteiger partial charge in [-0.3, -0.25) is 4.90 Å². The Morgan fingerprint density at radius 3 is 2.54 bits per heavy atom. The van der Waals surface area contributed by atoms with Gasteiger partial charge in [0.05, 0.1) is 20.3 Å². The zero-order chi connectivity index (χ0) is 18.7. The van der Waals surface area contributed by atoms with Crippen molar-refractivity contribution >= 4 is 39.0 Å². The van der Waals surface area contributed by atoms with E-state index in [2.05, 4.69) is 4.98 Å². The summed E-state index contributed by atoms with van der Waals surface area (Å²) in [7, 11) is -1.61. The fourth-order valence-corrected chi connectivity index (χ4v) is 4.57. The summed E-state index contributed by atoms with van der Waals surface area (Å²) in [5.41, 5.74) is 0.928. The largest absolute Gasteiger partial charge is 0.379 e. The quantitative estimate of drug-likeness (QED) is 0.750. The maximum absolute atomic E-state index is 12.6. The number of anilines is 1. The predicted molar refractivity (Wildman–Crippen MR) is 101 cm³/mol. The van der Waals surface area contributed by atoms with Crippen LogP contribution in [0.1, 0.15) is 5.56 Å². The van der Waals surface area contributed by atoms with E-state index in [9.17, 15) is 8.42 Å². The Bertz CT molecular complexity index is 869. The van der Waals surface area contributed by atoms with Crippen LogP contribution in [0, 0.1) is 0 Å². The second-order valence-electron chi connectivity index (χ2n) is 6.02. The second-order valence-corrected chi connectivity index (χ2v) is 8.80. The van der Waals surface area contributed by atoms with Crippen molar-refractivity contribution in [2.45, 2.75) is 11.4 Å². The van der Waals surface area contributed by atoms with Gasteiger partial charge in [0.15, 0.2) is 0 Å². The molecule has 0 amide bonds. The summed E-state index contributed by atoms with van der Waals surface area (Å²) in [5.74, 6) is 0.775. The Labute approximate surface area is 163 Å². The summed E-state index contributed by atoms with van der Waals surface area (Å²) < 4.78 is 31.9. The van der Waals surface area contributed by atoms with Crippen molar-refractivity contribution in [3.63, 3.8) is 0 Å². The number of pyridine rings is 1. The monoisotopic (exact) mass is 416 g/mol. The lowest BCUT2D eigenvalue weighted by atomic mass is 10.2. The highest BCUT2D eigenvalue weighted by Crippen LogP contribution is 2.23. The van der Waals surface area contributed by atoms with E-state index in [-0.39, 0.29) is 4.90 Å². The molecule has 6 nitrogen and oxygen atoms in total. The van der Waals surface area contributed by atoms with Gasteiger partial charge in [-0.15, -0.1) is 0 Å². The van der Waals surface area contributed by atoms with Crippen molar-refractivity contribution in [1.82, 2.24) is 4.31 Å². The van der Waals surface area contributed by atoms with Crippen molar-refractivity contribution in [2.24, 2.45) is 0 Å². The third-order valence-electron chi connectivity index (χ3n) is 4.21. The summed E-state index contributed by atoms with van der Waals surface area (Å²) in [6.45, 7) is 2.15. The zero-order valence-electron chi connectivity index (χ0n) is 14.3. The van der Waals surface area contributed by atoms with Crippen LogP contribution in [0.15, 0.2) is 41.4 Å². The third-order valence-corrected chi connectivity index (χ3v) is 6.69. The van der Waals surface area contributed by atoms with Gasteiger partial charge in [0, 0.05) is 34.8 Å². The van der Waals surface area contributed by atoms with Crippen LogP contribution in [0.3, 0.4) is 0 Å². The van der Waals surface area contributed by atoms with Gasteiger partial charge in [-0.25, -0.2) is 13.4 Å². The first-order chi connectivity index (χ1) is 12.4. The van der Waals surface area contributed by atoms with E-state index in [1.807, 2.05) is 18.0 Å².